The maximum Gasteiger partial charge on any atom is 0.255 e. The number of hydrogen-bond acceptors (Lipinski definition) is 5. The minimum atomic E-state index is 0.118. The summed E-state index contributed by atoms with van der Waals surface area (Å²) in [4.78, 5) is 40.4. The maximum absolute atomic E-state index is 13.7. The molecule has 0 bridgehead atoms. The van der Waals surface area contributed by atoms with Gasteiger partial charge in [-0.05, 0) is 87.7 Å². The summed E-state index contributed by atoms with van der Waals surface area (Å²) in [6.45, 7) is 6.57. The average Bonchev–Trinajstić information content (AvgIpc) is 2.99. The summed E-state index contributed by atoms with van der Waals surface area (Å²) < 4.78 is 0. The van der Waals surface area contributed by atoms with Crippen molar-refractivity contribution in [3.8, 4) is 0 Å². The molecule has 7 nitrogen and oxygen atoms in total. The van der Waals surface area contributed by atoms with E-state index in [1.54, 1.807) is 12.4 Å². The van der Waals surface area contributed by atoms with Crippen molar-refractivity contribution in [2.45, 2.75) is 57.0 Å². The highest BCUT2D eigenvalue weighted by Gasteiger charge is 2.49. The number of nitrogens with zero attached hydrogens (tertiary/aromatic N) is 5. The van der Waals surface area contributed by atoms with Crippen molar-refractivity contribution in [1.82, 2.24) is 19.7 Å². The van der Waals surface area contributed by atoms with E-state index >= 15 is 0 Å². The molecule has 4 aliphatic heterocycles. The lowest BCUT2D eigenvalue weighted by Gasteiger charge is -2.57. The van der Waals surface area contributed by atoms with Crippen molar-refractivity contribution in [2.24, 2.45) is 11.8 Å². The first-order chi connectivity index (χ1) is 18.7. The Hall–Kier alpha value is -2.93. The monoisotopic (exact) mass is 515 g/mol. The largest absolute Gasteiger partial charge is 0.368 e. The third-order valence-electron chi connectivity index (χ3n) is 9.49. The number of pyridine rings is 1. The van der Waals surface area contributed by atoms with Gasteiger partial charge in [-0.25, -0.2) is 0 Å². The molecule has 6 rings (SSSR count). The predicted molar refractivity (Wildman–Crippen MR) is 149 cm³/mol. The van der Waals surface area contributed by atoms with Crippen LogP contribution in [-0.4, -0.2) is 89.4 Å². The van der Waals surface area contributed by atoms with Crippen molar-refractivity contribution in [3.63, 3.8) is 0 Å². The second-order valence-electron chi connectivity index (χ2n) is 11.6. The average molecular weight is 516 g/mol. The number of hydrogen-bond donors (Lipinski definition) is 0. The normalized spacial score (nSPS) is 27.6. The first-order valence-electron chi connectivity index (χ1n) is 14.7. The molecule has 4 aliphatic rings. The van der Waals surface area contributed by atoms with Gasteiger partial charge in [0.1, 0.15) is 0 Å². The summed E-state index contributed by atoms with van der Waals surface area (Å²) in [6.07, 6.45) is 10.6. The molecule has 7 heteroatoms. The van der Waals surface area contributed by atoms with E-state index in [0.717, 1.165) is 45.6 Å². The minimum absolute atomic E-state index is 0.118. The van der Waals surface area contributed by atoms with Crippen LogP contribution in [0.15, 0.2) is 54.9 Å². The smallest absolute Gasteiger partial charge is 0.255 e. The van der Waals surface area contributed by atoms with Crippen LogP contribution in [0.4, 0.5) is 5.69 Å². The molecule has 4 fully saturated rings. The molecule has 0 saturated carbocycles. The summed E-state index contributed by atoms with van der Waals surface area (Å²) >= 11 is 0. The standard InChI is InChI=1S/C31H41N5O2/c37-29(34-20-18-33(19-21-34)26-10-2-1-3-11-26)14-4-13-28-27-12-7-17-35-16-6-9-25(30(27)35)23-36(28)31(38)24-8-5-15-32-22-24/h1-3,5,8,10-11,15,22,25,27-28,30H,4,6-7,9,12-14,16-21,23H2/t25-,27+,28+,30-/m0/s1. The Kier molecular flexibility index (Phi) is 7.63. The van der Waals surface area contributed by atoms with E-state index in [2.05, 4.69) is 43.9 Å². The van der Waals surface area contributed by atoms with Gasteiger partial charge in [0, 0.05) is 69.3 Å². The third kappa shape index (κ3) is 5.18. The van der Waals surface area contributed by atoms with Crippen LogP contribution in [0.5, 0.6) is 0 Å². The summed E-state index contributed by atoms with van der Waals surface area (Å²) in [5.74, 6) is 1.45. The minimum Gasteiger partial charge on any atom is -0.368 e. The van der Waals surface area contributed by atoms with Crippen molar-refractivity contribution >= 4 is 17.5 Å². The van der Waals surface area contributed by atoms with Gasteiger partial charge >= 0.3 is 0 Å². The fraction of sp³-hybridized carbons (Fsp3) is 0.581. The Labute approximate surface area is 226 Å². The molecular formula is C31H41N5O2. The lowest BCUT2D eigenvalue weighted by molar-refractivity contribution is -0.131. The quantitative estimate of drug-likeness (QED) is 0.584. The highest BCUT2D eigenvalue weighted by atomic mass is 16.2. The molecule has 2 aromatic rings. The molecule has 4 saturated heterocycles. The van der Waals surface area contributed by atoms with Crippen LogP contribution >= 0.6 is 0 Å². The number of piperidine rings is 3. The molecule has 0 spiro atoms. The van der Waals surface area contributed by atoms with Crippen molar-refractivity contribution in [3.05, 3.63) is 60.4 Å². The second kappa shape index (κ2) is 11.4. The zero-order chi connectivity index (χ0) is 25.9. The van der Waals surface area contributed by atoms with Gasteiger partial charge in [-0.15, -0.1) is 0 Å². The van der Waals surface area contributed by atoms with E-state index in [0.29, 0.717) is 29.9 Å². The van der Waals surface area contributed by atoms with Crippen LogP contribution in [0.2, 0.25) is 0 Å². The molecule has 0 unspecified atom stereocenters. The first-order valence-corrected chi connectivity index (χ1v) is 14.7. The Morgan fingerprint density at radius 2 is 1.68 bits per heavy atom. The number of para-hydroxylation sites is 1. The number of rotatable bonds is 6. The van der Waals surface area contributed by atoms with Gasteiger partial charge in [0.15, 0.2) is 0 Å². The topological polar surface area (TPSA) is 60.0 Å². The van der Waals surface area contributed by atoms with Crippen LogP contribution < -0.4 is 4.90 Å². The van der Waals surface area contributed by atoms with E-state index in [9.17, 15) is 9.59 Å². The van der Waals surface area contributed by atoms with Gasteiger partial charge in [-0.3, -0.25) is 19.5 Å². The van der Waals surface area contributed by atoms with Gasteiger partial charge in [0.2, 0.25) is 5.91 Å². The van der Waals surface area contributed by atoms with Crippen LogP contribution in [0, 0.1) is 11.8 Å². The van der Waals surface area contributed by atoms with Crippen molar-refractivity contribution in [1.29, 1.82) is 0 Å². The third-order valence-corrected chi connectivity index (χ3v) is 9.49. The van der Waals surface area contributed by atoms with E-state index in [1.807, 2.05) is 23.1 Å². The molecule has 202 valence electrons. The number of carbonyl (C=O) groups excluding carboxylic acids is 2. The zero-order valence-corrected chi connectivity index (χ0v) is 22.5. The molecule has 0 N–H and O–H groups in total. The number of anilines is 1. The maximum atomic E-state index is 13.7. The van der Waals surface area contributed by atoms with Crippen LogP contribution in [0.25, 0.3) is 0 Å². The van der Waals surface area contributed by atoms with Gasteiger partial charge < -0.3 is 14.7 Å². The highest BCUT2D eigenvalue weighted by molar-refractivity contribution is 5.94. The lowest BCUT2D eigenvalue weighted by atomic mass is 9.69. The lowest BCUT2D eigenvalue weighted by Crippen LogP contribution is -2.65. The second-order valence-corrected chi connectivity index (χ2v) is 11.6. The van der Waals surface area contributed by atoms with E-state index in [1.165, 1.54) is 44.5 Å². The van der Waals surface area contributed by atoms with Gasteiger partial charge in [-0.2, -0.15) is 0 Å². The van der Waals surface area contributed by atoms with E-state index in [4.69, 9.17) is 0 Å². The number of aromatic nitrogens is 1. The van der Waals surface area contributed by atoms with E-state index < -0.39 is 0 Å². The Bertz CT molecular complexity index is 1090. The fourth-order valence-corrected chi connectivity index (χ4v) is 7.73. The number of likely N-dealkylation sites (tertiary alicyclic amines) is 1. The Balaban J connectivity index is 1.10. The van der Waals surface area contributed by atoms with Gasteiger partial charge in [-0.1, -0.05) is 18.2 Å². The summed E-state index contributed by atoms with van der Waals surface area (Å²) in [5.41, 5.74) is 1.92. The Morgan fingerprint density at radius 3 is 2.45 bits per heavy atom. The van der Waals surface area contributed by atoms with Crippen LogP contribution in [0.3, 0.4) is 0 Å². The molecule has 1 aromatic carbocycles. The first kappa shape index (κ1) is 25.4. The molecular weight excluding hydrogens is 474 g/mol. The molecule has 0 aliphatic carbocycles. The number of benzene rings is 1. The summed E-state index contributed by atoms with van der Waals surface area (Å²) in [7, 11) is 0. The van der Waals surface area contributed by atoms with E-state index in [-0.39, 0.29) is 17.9 Å². The molecule has 2 amide bonds. The summed E-state index contributed by atoms with van der Waals surface area (Å²) in [6, 6.07) is 15.0. The van der Waals surface area contributed by atoms with Gasteiger partial charge in [0.05, 0.1) is 5.56 Å². The highest BCUT2D eigenvalue weighted by Crippen LogP contribution is 2.43. The Morgan fingerprint density at radius 1 is 0.895 bits per heavy atom. The number of amides is 2. The zero-order valence-electron chi connectivity index (χ0n) is 22.5. The molecule has 1 aromatic heterocycles. The number of carbonyl (C=O) groups is 2. The molecule has 0 radical (unpaired) electrons. The SMILES string of the molecule is O=C(CCC[C@@H]1[C@H]2CCCN3CCC[C@@H](CN1C(=O)c1cccnc1)[C@@H]23)N1CCN(c2ccccc2)CC1. The molecule has 4 atom stereocenters. The number of piperazine rings is 1. The predicted octanol–water partition coefficient (Wildman–Crippen LogP) is 3.92. The van der Waals surface area contributed by atoms with Gasteiger partial charge in [0.25, 0.3) is 5.91 Å². The molecule has 5 heterocycles. The van der Waals surface area contributed by atoms with Crippen molar-refractivity contribution < 1.29 is 9.59 Å². The molecule has 38 heavy (non-hydrogen) atoms. The van der Waals surface area contributed by atoms with Crippen LogP contribution in [0.1, 0.15) is 55.3 Å². The summed E-state index contributed by atoms with van der Waals surface area (Å²) in [5, 5.41) is 0. The van der Waals surface area contributed by atoms with Crippen LogP contribution in [-0.2, 0) is 4.79 Å². The fourth-order valence-electron chi connectivity index (χ4n) is 7.73. The van der Waals surface area contributed by atoms with Crippen molar-refractivity contribution in [2.75, 3.05) is 50.7 Å².